The van der Waals surface area contributed by atoms with Gasteiger partial charge < -0.3 is 4.90 Å². The minimum atomic E-state index is -3.41. The van der Waals surface area contributed by atoms with Gasteiger partial charge in [0.15, 0.2) is 0 Å². The highest BCUT2D eigenvalue weighted by atomic mass is 32.2. The molecule has 0 spiro atoms. The summed E-state index contributed by atoms with van der Waals surface area (Å²) >= 11 is 0. The summed E-state index contributed by atoms with van der Waals surface area (Å²) in [6.07, 6.45) is 0. The summed E-state index contributed by atoms with van der Waals surface area (Å²) in [5.41, 5.74) is 4.13. The van der Waals surface area contributed by atoms with Crippen LogP contribution in [0.25, 0.3) is 0 Å². The van der Waals surface area contributed by atoms with E-state index in [-0.39, 0.29) is 0 Å². The lowest BCUT2D eigenvalue weighted by Gasteiger charge is -2.35. The molecule has 1 aliphatic rings. The molecular formula is C16H22N4O2S. The van der Waals surface area contributed by atoms with Crippen LogP contribution in [-0.4, -0.2) is 49.1 Å². The van der Waals surface area contributed by atoms with E-state index in [0.717, 1.165) is 22.6 Å². The van der Waals surface area contributed by atoms with Gasteiger partial charge in [0.25, 0.3) is 0 Å². The zero-order chi connectivity index (χ0) is 16.6. The van der Waals surface area contributed by atoms with Gasteiger partial charge in [-0.3, -0.25) is 5.10 Å². The Bertz CT molecular complexity index is 768. The Balaban J connectivity index is 1.75. The first-order chi connectivity index (χ1) is 10.9. The predicted octanol–water partition coefficient (Wildman–Crippen LogP) is 1.85. The summed E-state index contributed by atoms with van der Waals surface area (Å²) in [6, 6.07) is 7.03. The Morgan fingerprint density at radius 3 is 2.13 bits per heavy atom. The summed E-state index contributed by atoms with van der Waals surface area (Å²) < 4.78 is 27.0. The smallest absolute Gasteiger partial charge is 0.243 e. The van der Waals surface area contributed by atoms with Crippen LogP contribution >= 0.6 is 0 Å². The van der Waals surface area contributed by atoms with Gasteiger partial charge in [0, 0.05) is 26.2 Å². The fourth-order valence-corrected chi connectivity index (χ4v) is 4.44. The molecule has 1 aromatic heterocycles. The van der Waals surface area contributed by atoms with Gasteiger partial charge in [-0.15, -0.1) is 0 Å². The summed E-state index contributed by atoms with van der Waals surface area (Å²) in [6.45, 7) is 8.23. The largest absolute Gasteiger partial charge is 0.366 e. The topological polar surface area (TPSA) is 69.3 Å². The molecule has 7 heteroatoms. The second-order valence-electron chi connectivity index (χ2n) is 5.99. The van der Waals surface area contributed by atoms with Gasteiger partial charge >= 0.3 is 0 Å². The number of nitrogens with one attached hydrogen (secondary N) is 1. The van der Waals surface area contributed by atoms with Crippen LogP contribution < -0.4 is 4.90 Å². The molecule has 1 saturated heterocycles. The van der Waals surface area contributed by atoms with E-state index in [2.05, 4.69) is 15.1 Å². The van der Waals surface area contributed by atoms with Crippen LogP contribution in [0.2, 0.25) is 0 Å². The molecule has 1 N–H and O–H groups in total. The number of aryl methyl sites for hydroxylation is 3. The highest BCUT2D eigenvalue weighted by Crippen LogP contribution is 2.25. The summed E-state index contributed by atoms with van der Waals surface area (Å²) in [5.74, 6) is 0. The minimum Gasteiger partial charge on any atom is -0.366 e. The van der Waals surface area contributed by atoms with Crippen molar-refractivity contribution in [3.63, 3.8) is 0 Å². The van der Waals surface area contributed by atoms with Crippen LogP contribution in [0, 0.1) is 20.8 Å². The maximum Gasteiger partial charge on any atom is 0.243 e. The Morgan fingerprint density at radius 1 is 1.00 bits per heavy atom. The molecule has 1 aromatic carbocycles. The van der Waals surface area contributed by atoms with Gasteiger partial charge in [-0.25, -0.2) is 8.42 Å². The number of hydrogen-bond donors (Lipinski definition) is 1. The predicted molar refractivity (Wildman–Crippen MR) is 90.2 cm³/mol. The Morgan fingerprint density at radius 2 is 1.61 bits per heavy atom. The highest BCUT2D eigenvalue weighted by molar-refractivity contribution is 7.89. The van der Waals surface area contributed by atoms with Crippen molar-refractivity contribution in [1.29, 1.82) is 0 Å². The van der Waals surface area contributed by atoms with Crippen molar-refractivity contribution in [1.82, 2.24) is 14.5 Å². The molecule has 0 saturated carbocycles. The number of aromatic amines is 1. The third kappa shape index (κ3) is 2.98. The van der Waals surface area contributed by atoms with Gasteiger partial charge in [0.1, 0.15) is 0 Å². The quantitative estimate of drug-likeness (QED) is 0.930. The van der Waals surface area contributed by atoms with Crippen molar-refractivity contribution in [2.45, 2.75) is 25.7 Å². The molecule has 6 nitrogen and oxygen atoms in total. The molecule has 2 heterocycles. The minimum absolute atomic E-state index is 0.368. The number of hydrogen-bond acceptors (Lipinski definition) is 4. The molecule has 0 aliphatic carbocycles. The maximum atomic E-state index is 12.7. The highest BCUT2D eigenvalue weighted by Gasteiger charge is 2.29. The van der Waals surface area contributed by atoms with E-state index in [1.54, 1.807) is 16.4 Å². The van der Waals surface area contributed by atoms with Gasteiger partial charge in [-0.05, 0) is 32.9 Å². The van der Waals surface area contributed by atoms with E-state index in [0.29, 0.717) is 31.1 Å². The zero-order valence-corrected chi connectivity index (χ0v) is 14.5. The van der Waals surface area contributed by atoms with Crippen LogP contribution in [0.1, 0.15) is 17.0 Å². The number of sulfonamides is 1. The molecule has 23 heavy (non-hydrogen) atoms. The molecule has 0 bridgehead atoms. The third-order valence-corrected chi connectivity index (χ3v) is 6.22. The van der Waals surface area contributed by atoms with E-state index < -0.39 is 10.0 Å². The van der Waals surface area contributed by atoms with Crippen molar-refractivity contribution in [3.05, 3.63) is 41.2 Å². The maximum absolute atomic E-state index is 12.7. The number of aromatic nitrogens is 2. The van der Waals surface area contributed by atoms with Crippen LogP contribution in [0.15, 0.2) is 29.2 Å². The molecular weight excluding hydrogens is 312 g/mol. The molecule has 1 fully saturated rings. The Hall–Kier alpha value is -1.86. The van der Waals surface area contributed by atoms with Crippen LogP contribution in [0.3, 0.4) is 0 Å². The zero-order valence-electron chi connectivity index (χ0n) is 13.7. The Labute approximate surface area is 137 Å². The van der Waals surface area contributed by atoms with Gasteiger partial charge in [0.2, 0.25) is 10.0 Å². The normalized spacial score (nSPS) is 16.7. The number of H-pyrrole nitrogens is 1. The summed E-state index contributed by atoms with van der Waals surface area (Å²) in [7, 11) is -3.41. The SMILES string of the molecule is Cc1ccc(S(=O)(=O)N2CCN(c3c(C)n[nH]c3C)CC2)cc1. The first kappa shape index (κ1) is 16.0. The lowest BCUT2D eigenvalue weighted by atomic mass is 10.2. The van der Waals surface area contributed by atoms with Crippen LogP contribution in [0.5, 0.6) is 0 Å². The van der Waals surface area contributed by atoms with E-state index in [1.165, 1.54) is 0 Å². The van der Waals surface area contributed by atoms with E-state index in [1.807, 2.05) is 32.9 Å². The summed E-state index contributed by atoms with van der Waals surface area (Å²) in [4.78, 5) is 2.57. The monoisotopic (exact) mass is 334 g/mol. The van der Waals surface area contributed by atoms with Crippen molar-refractivity contribution in [3.8, 4) is 0 Å². The average molecular weight is 334 g/mol. The van der Waals surface area contributed by atoms with Gasteiger partial charge in [0.05, 0.1) is 22.0 Å². The number of nitrogens with zero attached hydrogens (tertiary/aromatic N) is 3. The first-order valence-corrected chi connectivity index (χ1v) is 9.17. The molecule has 124 valence electrons. The number of anilines is 1. The molecule has 0 unspecified atom stereocenters. The average Bonchev–Trinajstić information content (AvgIpc) is 2.87. The molecule has 0 radical (unpaired) electrons. The molecule has 3 rings (SSSR count). The Kier molecular flexibility index (Phi) is 4.16. The van der Waals surface area contributed by atoms with Crippen LogP contribution in [0.4, 0.5) is 5.69 Å². The van der Waals surface area contributed by atoms with Crippen molar-refractivity contribution in [2.24, 2.45) is 0 Å². The molecule has 1 aliphatic heterocycles. The lowest BCUT2D eigenvalue weighted by molar-refractivity contribution is 0.384. The van der Waals surface area contributed by atoms with Crippen molar-refractivity contribution < 1.29 is 8.42 Å². The second kappa shape index (κ2) is 5.98. The number of rotatable bonds is 3. The van der Waals surface area contributed by atoms with E-state index >= 15 is 0 Å². The number of benzene rings is 1. The van der Waals surface area contributed by atoms with Gasteiger partial charge in [-0.2, -0.15) is 9.40 Å². The lowest BCUT2D eigenvalue weighted by Crippen LogP contribution is -2.48. The standard InChI is InChI=1S/C16H22N4O2S/c1-12-4-6-15(7-5-12)23(21,22)20-10-8-19(9-11-20)16-13(2)17-18-14(16)3/h4-7H,8-11H2,1-3H3,(H,17,18). The second-order valence-corrected chi connectivity index (χ2v) is 7.92. The van der Waals surface area contributed by atoms with Crippen LogP contribution in [-0.2, 0) is 10.0 Å². The third-order valence-electron chi connectivity index (χ3n) is 4.30. The fraction of sp³-hybridized carbons (Fsp3) is 0.438. The van der Waals surface area contributed by atoms with E-state index in [4.69, 9.17) is 0 Å². The first-order valence-electron chi connectivity index (χ1n) is 7.73. The summed E-state index contributed by atoms with van der Waals surface area (Å²) in [5, 5.41) is 7.20. The van der Waals surface area contributed by atoms with E-state index in [9.17, 15) is 8.42 Å². The molecule has 0 atom stereocenters. The molecule has 2 aromatic rings. The van der Waals surface area contributed by atoms with Crippen molar-refractivity contribution >= 4 is 15.7 Å². The molecule has 0 amide bonds. The fourth-order valence-electron chi connectivity index (χ4n) is 3.02. The number of piperazine rings is 1. The van der Waals surface area contributed by atoms with Crippen molar-refractivity contribution in [2.75, 3.05) is 31.1 Å². The van der Waals surface area contributed by atoms with Gasteiger partial charge in [-0.1, -0.05) is 17.7 Å².